The van der Waals surface area contributed by atoms with Gasteiger partial charge >= 0.3 is 0 Å². The third kappa shape index (κ3) is 2.93. The molecule has 4 heterocycles. The summed E-state index contributed by atoms with van der Waals surface area (Å²) < 4.78 is 17.8. The van der Waals surface area contributed by atoms with Crippen molar-refractivity contribution in [2.45, 2.75) is 44.8 Å². The summed E-state index contributed by atoms with van der Waals surface area (Å²) >= 11 is 1.93. The lowest BCUT2D eigenvalue weighted by atomic mass is 9.78. The summed E-state index contributed by atoms with van der Waals surface area (Å²) in [5.41, 5.74) is 6.84. The number of benzene rings is 2. The van der Waals surface area contributed by atoms with E-state index in [0.717, 1.165) is 25.2 Å². The Kier molecular flexibility index (Phi) is 4.32. The first-order valence-corrected chi connectivity index (χ1v) is 11.6. The SMILES string of the molecule is Cc1cc2c(s1)c1c(n2Cc2cccc(F)c2)C2CCC1N(Cc1ccccc1)C2. The first-order valence-electron chi connectivity index (χ1n) is 10.8. The van der Waals surface area contributed by atoms with E-state index in [1.54, 1.807) is 11.6 Å². The molecule has 3 aliphatic rings. The molecule has 7 rings (SSSR count). The molecule has 2 aromatic carbocycles. The van der Waals surface area contributed by atoms with Gasteiger partial charge in [-0.3, -0.25) is 4.90 Å². The Morgan fingerprint density at radius 3 is 2.63 bits per heavy atom. The van der Waals surface area contributed by atoms with Gasteiger partial charge in [-0.1, -0.05) is 42.5 Å². The van der Waals surface area contributed by atoms with Crippen LogP contribution in [-0.4, -0.2) is 16.0 Å². The van der Waals surface area contributed by atoms with E-state index < -0.39 is 0 Å². The van der Waals surface area contributed by atoms with E-state index in [4.69, 9.17) is 0 Å². The number of halogens is 1. The first-order chi connectivity index (χ1) is 14.7. The van der Waals surface area contributed by atoms with Crippen LogP contribution in [0.2, 0.25) is 0 Å². The van der Waals surface area contributed by atoms with Gasteiger partial charge in [-0.2, -0.15) is 0 Å². The molecule has 4 aromatic rings. The molecule has 2 bridgehead atoms. The van der Waals surface area contributed by atoms with Gasteiger partial charge in [0.2, 0.25) is 0 Å². The van der Waals surface area contributed by atoms with Crippen molar-refractivity contribution in [1.29, 1.82) is 0 Å². The smallest absolute Gasteiger partial charge is 0.123 e. The third-order valence-electron chi connectivity index (χ3n) is 6.80. The number of fused-ring (bicyclic) bond motifs is 3. The van der Waals surface area contributed by atoms with E-state index in [1.807, 2.05) is 23.5 Å². The van der Waals surface area contributed by atoms with Crippen molar-refractivity contribution in [2.24, 2.45) is 0 Å². The number of rotatable bonds is 4. The second kappa shape index (κ2) is 7.07. The summed E-state index contributed by atoms with van der Waals surface area (Å²) in [4.78, 5) is 4.04. The second-order valence-corrected chi connectivity index (χ2v) is 10.0. The van der Waals surface area contributed by atoms with Gasteiger partial charge in [0.15, 0.2) is 0 Å². The summed E-state index contributed by atoms with van der Waals surface area (Å²) in [5, 5.41) is 0. The maximum atomic E-state index is 13.8. The van der Waals surface area contributed by atoms with Crippen LogP contribution in [0.25, 0.3) is 10.2 Å². The Hall–Kier alpha value is -2.43. The molecule has 1 saturated heterocycles. The lowest BCUT2D eigenvalue weighted by Crippen LogP contribution is -2.42. The maximum Gasteiger partial charge on any atom is 0.123 e. The van der Waals surface area contributed by atoms with Gasteiger partial charge in [0.1, 0.15) is 5.82 Å². The van der Waals surface area contributed by atoms with Gasteiger partial charge in [0.25, 0.3) is 0 Å². The van der Waals surface area contributed by atoms with E-state index in [1.165, 1.54) is 45.3 Å². The van der Waals surface area contributed by atoms with Crippen molar-refractivity contribution >= 4 is 21.6 Å². The van der Waals surface area contributed by atoms with Crippen LogP contribution in [0.4, 0.5) is 4.39 Å². The number of hydrogen-bond acceptors (Lipinski definition) is 2. The van der Waals surface area contributed by atoms with Crippen LogP contribution in [0, 0.1) is 12.7 Å². The average Bonchev–Trinajstić information content (AvgIpc) is 3.27. The molecule has 2 nitrogen and oxygen atoms in total. The van der Waals surface area contributed by atoms with Crippen LogP contribution < -0.4 is 0 Å². The molecule has 4 heteroatoms. The average molecular weight is 417 g/mol. The lowest BCUT2D eigenvalue weighted by molar-refractivity contribution is 0.103. The van der Waals surface area contributed by atoms with Crippen LogP contribution in [0.1, 0.15) is 52.1 Å². The molecule has 2 aromatic heterocycles. The van der Waals surface area contributed by atoms with Gasteiger partial charge in [-0.25, -0.2) is 4.39 Å². The number of piperidine rings is 1. The molecule has 1 aliphatic carbocycles. The molecule has 2 aliphatic heterocycles. The molecule has 0 N–H and O–H groups in total. The summed E-state index contributed by atoms with van der Waals surface area (Å²) in [6.45, 7) is 5.09. The number of nitrogens with zero attached hydrogens (tertiary/aromatic N) is 2. The van der Waals surface area contributed by atoms with Crippen molar-refractivity contribution in [3.63, 3.8) is 0 Å². The van der Waals surface area contributed by atoms with E-state index >= 15 is 0 Å². The Morgan fingerprint density at radius 1 is 0.967 bits per heavy atom. The predicted octanol–water partition coefficient (Wildman–Crippen LogP) is 6.63. The highest BCUT2D eigenvalue weighted by molar-refractivity contribution is 7.19. The quantitative estimate of drug-likeness (QED) is 0.362. The lowest BCUT2D eigenvalue weighted by Gasteiger charge is -2.46. The van der Waals surface area contributed by atoms with E-state index in [-0.39, 0.29) is 5.82 Å². The Balaban J connectivity index is 1.45. The fourth-order valence-electron chi connectivity index (χ4n) is 5.62. The molecule has 0 spiro atoms. The minimum absolute atomic E-state index is 0.151. The number of aryl methyl sites for hydroxylation is 1. The summed E-state index contributed by atoms with van der Waals surface area (Å²) in [7, 11) is 0. The Morgan fingerprint density at radius 2 is 1.80 bits per heavy atom. The van der Waals surface area contributed by atoms with Crippen LogP contribution in [0.15, 0.2) is 60.7 Å². The highest BCUT2D eigenvalue weighted by Crippen LogP contribution is 2.52. The zero-order valence-electron chi connectivity index (χ0n) is 17.1. The standard InChI is InChI=1S/C26H25FN2S/c1-17-12-23-26(30-17)24-22-11-10-20(16-28(22)14-18-6-3-2-4-7-18)25(24)29(23)15-19-8-5-9-21(27)13-19/h2-9,12-13,20,22H,10-11,14-16H2,1H3. The minimum atomic E-state index is -0.151. The summed E-state index contributed by atoms with van der Waals surface area (Å²) in [5.74, 6) is 0.406. The minimum Gasteiger partial charge on any atom is -0.339 e. The summed E-state index contributed by atoms with van der Waals surface area (Å²) in [6, 6.07) is 20.7. The molecule has 2 atom stereocenters. The molecule has 2 unspecified atom stereocenters. The molecule has 0 saturated carbocycles. The molecular formula is C26H25FN2S. The Bertz CT molecular complexity index is 1220. The predicted molar refractivity (Wildman–Crippen MR) is 122 cm³/mol. The molecule has 152 valence electrons. The third-order valence-corrected chi connectivity index (χ3v) is 7.87. The van der Waals surface area contributed by atoms with Crippen LogP contribution in [0.3, 0.4) is 0 Å². The number of thiophene rings is 1. The van der Waals surface area contributed by atoms with Gasteiger partial charge in [-0.15, -0.1) is 11.3 Å². The highest BCUT2D eigenvalue weighted by atomic mass is 32.1. The van der Waals surface area contributed by atoms with E-state index in [0.29, 0.717) is 12.0 Å². The fraction of sp³-hybridized carbons (Fsp3) is 0.308. The summed E-state index contributed by atoms with van der Waals surface area (Å²) in [6.07, 6.45) is 2.49. The molecular weight excluding hydrogens is 391 g/mol. The van der Waals surface area contributed by atoms with Crippen LogP contribution in [0.5, 0.6) is 0 Å². The monoisotopic (exact) mass is 416 g/mol. The normalized spacial score (nSPS) is 20.7. The van der Waals surface area contributed by atoms with Gasteiger partial charge < -0.3 is 4.57 Å². The van der Waals surface area contributed by atoms with Crippen LogP contribution >= 0.6 is 11.3 Å². The van der Waals surface area contributed by atoms with Crippen molar-refractivity contribution in [1.82, 2.24) is 9.47 Å². The zero-order chi connectivity index (χ0) is 20.2. The number of aromatic nitrogens is 1. The molecule has 0 radical (unpaired) electrons. The van der Waals surface area contributed by atoms with E-state index in [9.17, 15) is 4.39 Å². The largest absolute Gasteiger partial charge is 0.339 e. The van der Waals surface area contributed by atoms with Crippen LogP contribution in [-0.2, 0) is 13.1 Å². The first kappa shape index (κ1) is 18.3. The fourth-order valence-corrected chi connectivity index (χ4v) is 6.74. The van der Waals surface area contributed by atoms with Gasteiger partial charge in [-0.05, 0) is 49.1 Å². The second-order valence-electron chi connectivity index (χ2n) is 8.79. The highest BCUT2D eigenvalue weighted by Gasteiger charge is 2.42. The number of hydrogen-bond donors (Lipinski definition) is 0. The van der Waals surface area contributed by atoms with Gasteiger partial charge in [0.05, 0.1) is 10.2 Å². The van der Waals surface area contributed by atoms with Crippen molar-refractivity contribution in [3.05, 3.63) is 93.7 Å². The molecule has 0 amide bonds. The molecule has 1 fully saturated rings. The van der Waals surface area contributed by atoms with Gasteiger partial charge in [0, 0.05) is 47.7 Å². The molecule has 30 heavy (non-hydrogen) atoms. The zero-order valence-corrected chi connectivity index (χ0v) is 18.0. The Labute approximate surface area is 180 Å². The van der Waals surface area contributed by atoms with E-state index in [2.05, 4.69) is 52.8 Å². The van der Waals surface area contributed by atoms with Crippen molar-refractivity contribution in [3.8, 4) is 0 Å². The maximum absolute atomic E-state index is 13.8. The topological polar surface area (TPSA) is 8.17 Å². The van der Waals surface area contributed by atoms with Crippen molar-refractivity contribution < 1.29 is 4.39 Å². The van der Waals surface area contributed by atoms with Crippen molar-refractivity contribution in [2.75, 3.05) is 6.54 Å².